The molecule has 0 saturated heterocycles. The number of nitrogens with one attached hydrogen (secondary N) is 1. The summed E-state index contributed by atoms with van der Waals surface area (Å²) in [5.74, 6) is 1.27. The number of hydrogen-bond acceptors (Lipinski definition) is 1. The van der Waals surface area contributed by atoms with Gasteiger partial charge in [0, 0.05) is 18.8 Å². The zero-order valence-corrected chi connectivity index (χ0v) is 19.3. The molecule has 4 heteroatoms. The van der Waals surface area contributed by atoms with Gasteiger partial charge in [0.2, 0.25) is 5.82 Å². The van der Waals surface area contributed by atoms with E-state index >= 15 is 0 Å². The molecule has 0 bridgehead atoms. The molecule has 1 aromatic rings. The number of unbranched alkanes of at least 4 members (excludes halogenated alkanes) is 13. The van der Waals surface area contributed by atoms with Crippen LogP contribution in [0.3, 0.4) is 0 Å². The van der Waals surface area contributed by atoms with E-state index in [0.29, 0.717) is 0 Å². The topological polar surface area (TPSA) is 19.0 Å². The normalized spacial score (nSPS) is 18.6. The molecule has 1 aliphatic heterocycles. The molecule has 1 unspecified atom stereocenters. The first-order valence-corrected chi connectivity index (χ1v) is 11.7. The highest BCUT2D eigenvalue weighted by molar-refractivity contribution is 5.85. The number of hydrogen-bond donors (Lipinski definition) is 1. The minimum absolute atomic E-state index is 0. The van der Waals surface area contributed by atoms with Crippen molar-refractivity contribution in [3.8, 4) is 0 Å². The van der Waals surface area contributed by atoms with Crippen molar-refractivity contribution in [2.45, 2.75) is 96.8 Å². The van der Waals surface area contributed by atoms with Gasteiger partial charge in [0.15, 0.2) is 6.67 Å². The SMILES string of the molecule is CCCCCCCCCCCCCCCCN1C=C[N+](C)(c2ccc[nH]2)C1.Cl. The third-order valence-corrected chi connectivity index (χ3v) is 6.01. The summed E-state index contributed by atoms with van der Waals surface area (Å²) in [6.45, 7) is 4.55. The lowest BCUT2D eigenvalue weighted by Gasteiger charge is -2.26. The van der Waals surface area contributed by atoms with Crippen LogP contribution in [0.15, 0.2) is 30.7 Å². The van der Waals surface area contributed by atoms with Gasteiger partial charge in [-0.25, -0.2) is 4.48 Å². The highest BCUT2D eigenvalue weighted by Gasteiger charge is 2.30. The maximum atomic E-state index is 3.35. The Labute approximate surface area is 180 Å². The van der Waals surface area contributed by atoms with Gasteiger partial charge >= 0.3 is 0 Å². The van der Waals surface area contributed by atoms with Gasteiger partial charge in [-0.1, -0.05) is 90.4 Å². The fraction of sp³-hybridized carbons (Fsp3) is 0.750. The van der Waals surface area contributed by atoms with Crippen LogP contribution in [0.2, 0.25) is 0 Å². The number of rotatable bonds is 16. The quantitative estimate of drug-likeness (QED) is 0.219. The van der Waals surface area contributed by atoms with Gasteiger partial charge in [-0.05, 0) is 12.5 Å². The molecule has 2 rings (SSSR count). The molecule has 1 aliphatic rings. The van der Waals surface area contributed by atoms with Crippen LogP contribution >= 0.6 is 12.4 Å². The van der Waals surface area contributed by atoms with Crippen LogP contribution in [0.25, 0.3) is 0 Å². The number of H-pyrrole nitrogens is 1. The Hall–Kier alpha value is -0.930. The van der Waals surface area contributed by atoms with Crippen LogP contribution in [0.5, 0.6) is 0 Å². The van der Waals surface area contributed by atoms with Crippen molar-refractivity contribution < 1.29 is 0 Å². The average Bonchev–Trinajstić information content (AvgIpc) is 3.33. The van der Waals surface area contributed by atoms with E-state index in [9.17, 15) is 0 Å². The summed E-state index contributed by atoms with van der Waals surface area (Å²) in [6.07, 6.45) is 26.6. The molecule has 28 heavy (non-hydrogen) atoms. The summed E-state index contributed by atoms with van der Waals surface area (Å²) in [5.41, 5.74) is 0. The number of aromatic amines is 1. The summed E-state index contributed by atoms with van der Waals surface area (Å²) < 4.78 is 0.867. The van der Waals surface area contributed by atoms with Crippen molar-refractivity contribution in [2.75, 3.05) is 20.3 Å². The van der Waals surface area contributed by atoms with Crippen molar-refractivity contribution in [3.63, 3.8) is 0 Å². The standard InChI is InChI=1S/C24H44N3.ClH/c1-3-4-5-6-7-8-9-10-11-12-13-14-15-16-20-26-21-22-27(2,23-26)24-18-17-19-25-24;/h17-19,21-22,25H,3-16,20,23H2,1-2H3;1H/q+1;. The maximum Gasteiger partial charge on any atom is 0.211 e. The Bertz CT molecular complexity index is 500. The van der Waals surface area contributed by atoms with Gasteiger partial charge in [-0.15, -0.1) is 12.4 Å². The number of halogens is 1. The van der Waals surface area contributed by atoms with Crippen LogP contribution in [0.1, 0.15) is 96.8 Å². The summed E-state index contributed by atoms with van der Waals surface area (Å²) in [7, 11) is 2.27. The molecule has 0 spiro atoms. The lowest BCUT2D eigenvalue weighted by molar-refractivity contribution is 0.286. The Morgan fingerprint density at radius 3 is 1.89 bits per heavy atom. The molecule has 162 valence electrons. The average molecular weight is 411 g/mol. The summed E-state index contributed by atoms with van der Waals surface area (Å²) >= 11 is 0. The third-order valence-electron chi connectivity index (χ3n) is 6.01. The lowest BCUT2D eigenvalue weighted by Crippen LogP contribution is -2.42. The van der Waals surface area contributed by atoms with Gasteiger partial charge in [0.05, 0.1) is 13.2 Å². The molecule has 1 N–H and O–H groups in total. The first-order valence-electron chi connectivity index (χ1n) is 11.7. The number of quaternary nitrogens is 1. The van der Waals surface area contributed by atoms with E-state index in [1.165, 1.54) is 102 Å². The molecule has 2 heterocycles. The smallest absolute Gasteiger partial charge is 0.211 e. The Morgan fingerprint density at radius 1 is 0.857 bits per heavy atom. The second-order valence-electron chi connectivity index (χ2n) is 8.67. The van der Waals surface area contributed by atoms with Crippen LogP contribution in [0, 0.1) is 0 Å². The van der Waals surface area contributed by atoms with Gasteiger partial charge in [0.1, 0.15) is 6.20 Å². The summed E-state index contributed by atoms with van der Waals surface area (Å²) in [6, 6.07) is 4.27. The van der Waals surface area contributed by atoms with Crippen LogP contribution in [0.4, 0.5) is 5.82 Å². The van der Waals surface area contributed by atoms with E-state index in [2.05, 4.69) is 48.4 Å². The molecule has 0 amide bonds. The van der Waals surface area contributed by atoms with Gasteiger partial charge in [-0.2, -0.15) is 0 Å². The highest BCUT2D eigenvalue weighted by Crippen LogP contribution is 2.24. The molecule has 0 radical (unpaired) electrons. The number of nitrogens with zero attached hydrogens (tertiary/aromatic N) is 2. The fourth-order valence-electron chi connectivity index (χ4n) is 4.16. The molecular weight excluding hydrogens is 366 g/mol. The first-order chi connectivity index (χ1) is 13.2. The van der Waals surface area contributed by atoms with E-state index in [4.69, 9.17) is 0 Å². The highest BCUT2D eigenvalue weighted by atomic mass is 35.5. The second kappa shape index (κ2) is 15.0. The molecule has 1 atom stereocenters. The minimum atomic E-state index is 0. The first kappa shape index (κ1) is 25.1. The summed E-state index contributed by atoms with van der Waals surface area (Å²) in [4.78, 5) is 5.83. The van der Waals surface area contributed by atoms with Crippen LogP contribution in [-0.4, -0.2) is 30.1 Å². The monoisotopic (exact) mass is 410 g/mol. The van der Waals surface area contributed by atoms with Crippen molar-refractivity contribution in [3.05, 3.63) is 30.7 Å². The van der Waals surface area contributed by atoms with E-state index in [1.807, 2.05) is 6.20 Å². The van der Waals surface area contributed by atoms with Crippen molar-refractivity contribution in [1.82, 2.24) is 14.4 Å². The zero-order chi connectivity index (χ0) is 19.2. The molecule has 0 fully saturated rings. The predicted octanol–water partition coefficient (Wildman–Crippen LogP) is 7.60. The minimum Gasteiger partial charge on any atom is -0.326 e. The molecule has 1 aromatic heterocycles. The summed E-state index contributed by atoms with van der Waals surface area (Å²) in [5, 5.41) is 0. The van der Waals surface area contributed by atoms with Crippen molar-refractivity contribution in [1.29, 1.82) is 0 Å². The Morgan fingerprint density at radius 2 is 1.39 bits per heavy atom. The van der Waals surface area contributed by atoms with Crippen LogP contribution in [-0.2, 0) is 0 Å². The van der Waals surface area contributed by atoms with Crippen LogP contribution < -0.4 is 4.48 Å². The van der Waals surface area contributed by atoms with E-state index in [1.54, 1.807) is 0 Å². The Kier molecular flexibility index (Phi) is 13.4. The molecule has 0 saturated carbocycles. The van der Waals surface area contributed by atoms with Gasteiger partial charge in [0.25, 0.3) is 0 Å². The van der Waals surface area contributed by atoms with E-state index < -0.39 is 0 Å². The molecule has 3 nitrogen and oxygen atoms in total. The van der Waals surface area contributed by atoms with Gasteiger partial charge in [-0.3, -0.25) is 0 Å². The molecule has 0 aliphatic carbocycles. The lowest BCUT2D eigenvalue weighted by atomic mass is 10.0. The van der Waals surface area contributed by atoms with Gasteiger partial charge < -0.3 is 9.88 Å². The van der Waals surface area contributed by atoms with E-state index in [-0.39, 0.29) is 12.4 Å². The number of aromatic nitrogens is 1. The third kappa shape index (κ3) is 9.52. The Balaban J connectivity index is 0.00000392. The molecule has 0 aromatic carbocycles. The zero-order valence-electron chi connectivity index (χ0n) is 18.5. The van der Waals surface area contributed by atoms with Crippen molar-refractivity contribution >= 4 is 18.2 Å². The van der Waals surface area contributed by atoms with Crippen molar-refractivity contribution in [2.24, 2.45) is 0 Å². The predicted molar refractivity (Wildman–Crippen MR) is 127 cm³/mol. The molecular formula is C24H45ClN3+. The fourth-order valence-corrected chi connectivity index (χ4v) is 4.16. The second-order valence-corrected chi connectivity index (χ2v) is 8.67. The largest absolute Gasteiger partial charge is 0.326 e. The maximum absolute atomic E-state index is 3.35. The van der Waals surface area contributed by atoms with E-state index in [0.717, 1.165) is 11.2 Å².